The Bertz CT molecular complexity index is 1360. The second kappa shape index (κ2) is 9.84. The van der Waals surface area contributed by atoms with Gasteiger partial charge in [0.2, 0.25) is 0 Å². The van der Waals surface area contributed by atoms with Crippen LogP contribution >= 0.6 is 15.9 Å². The Hall–Kier alpha value is -3.15. The number of rotatable bonds is 5. The number of hydrogen-bond donors (Lipinski definition) is 0. The zero-order chi connectivity index (χ0) is 24.5. The number of carbonyl (C=O) groups is 1. The van der Waals surface area contributed by atoms with E-state index in [2.05, 4.69) is 113 Å². The summed E-state index contributed by atoms with van der Waals surface area (Å²) in [5.74, 6) is 0.110. The molecule has 1 amide bonds. The quantitative estimate of drug-likeness (QED) is 0.290. The fourth-order valence-electron chi connectivity index (χ4n) is 4.92. The molecule has 5 rings (SSSR count). The first-order valence-corrected chi connectivity index (χ1v) is 12.8. The van der Waals surface area contributed by atoms with E-state index in [0.29, 0.717) is 6.04 Å². The van der Waals surface area contributed by atoms with Crippen LogP contribution in [0.5, 0.6) is 0 Å². The predicted octanol–water partition coefficient (Wildman–Crippen LogP) is 6.66. The number of benzene rings is 3. The van der Waals surface area contributed by atoms with Crippen LogP contribution in [0.15, 0.2) is 89.4 Å². The van der Waals surface area contributed by atoms with Gasteiger partial charge in [0.05, 0.1) is 11.4 Å². The van der Waals surface area contributed by atoms with Gasteiger partial charge in [-0.2, -0.15) is 0 Å². The molecule has 0 radical (unpaired) electrons. The summed E-state index contributed by atoms with van der Waals surface area (Å²) in [4.78, 5) is 17.6. The molecule has 3 aromatic carbocycles. The highest BCUT2D eigenvalue weighted by atomic mass is 79.9. The van der Waals surface area contributed by atoms with Gasteiger partial charge in [0.25, 0.3) is 5.91 Å². The van der Waals surface area contributed by atoms with Crippen LogP contribution in [-0.2, 0) is 0 Å². The maximum atomic E-state index is 13.4. The van der Waals surface area contributed by atoms with E-state index in [0.717, 1.165) is 57.7 Å². The van der Waals surface area contributed by atoms with Crippen molar-refractivity contribution in [2.75, 3.05) is 27.2 Å². The molecule has 4 nitrogen and oxygen atoms in total. The molecule has 4 aromatic rings. The van der Waals surface area contributed by atoms with Crippen LogP contribution in [0.2, 0.25) is 0 Å². The molecule has 1 atom stereocenters. The molecule has 178 valence electrons. The normalized spacial score (nSPS) is 15.7. The van der Waals surface area contributed by atoms with Crippen LogP contribution < -0.4 is 0 Å². The molecule has 0 unspecified atom stereocenters. The van der Waals surface area contributed by atoms with E-state index in [1.54, 1.807) is 0 Å². The van der Waals surface area contributed by atoms with Gasteiger partial charge < -0.3 is 14.4 Å². The number of aryl methyl sites for hydroxylation is 1. The van der Waals surface area contributed by atoms with Gasteiger partial charge in [0.15, 0.2) is 0 Å². The first-order valence-electron chi connectivity index (χ1n) is 12.0. The van der Waals surface area contributed by atoms with Crippen molar-refractivity contribution >= 4 is 21.8 Å². The SMILES string of the molecule is Cc1ccccc1-n1c(-c2ccc(Br)cc2)ccc1-c1cccc(C(=O)N2CC[C@@H](N(C)C)C2)c1. The minimum Gasteiger partial charge on any atom is -0.337 e. The maximum absolute atomic E-state index is 13.4. The summed E-state index contributed by atoms with van der Waals surface area (Å²) in [6, 6.07) is 29.7. The monoisotopic (exact) mass is 527 g/mol. The zero-order valence-corrected chi connectivity index (χ0v) is 22.0. The van der Waals surface area contributed by atoms with Gasteiger partial charge in [-0.25, -0.2) is 0 Å². The Kier molecular flexibility index (Phi) is 6.63. The largest absolute Gasteiger partial charge is 0.337 e. The van der Waals surface area contributed by atoms with Crippen molar-refractivity contribution in [3.05, 3.63) is 101 Å². The molecular weight excluding hydrogens is 498 g/mol. The second-order valence-electron chi connectivity index (χ2n) is 9.47. The fraction of sp³-hybridized carbons (Fsp3) is 0.233. The van der Waals surface area contributed by atoms with Crippen LogP contribution in [0, 0.1) is 6.92 Å². The summed E-state index contributed by atoms with van der Waals surface area (Å²) in [6.07, 6.45) is 1.02. The summed E-state index contributed by atoms with van der Waals surface area (Å²) >= 11 is 3.55. The van der Waals surface area contributed by atoms with Gasteiger partial charge in [-0.05, 0) is 86.6 Å². The maximum Gasteiger partial charge on any atom is 0.253 e. The van der Waals surface area contributed by atoms with Gasteiger partial charge in [0, 0.05) is 34.9 Å². The molecule has 1 saturated heterocycles. The number of para-hydroxylation sites is 1. The van der Waals surface area contributed by atoms with Crippen molar-refractivity contribution < 1.29 is 4.79 Å². The number of aromatic nitrogens is 1. The van der Waals surface area contributed by atoms with Gasteiger partial charge in [-0.15, -0.1) is 0 Å². The Labute approximate surface area is 215 Å². The van der Waals surface area contributed by atoms with Crippen molar-refractivity contribution in [1.82, 2.24) is 14.4 Å². The molecule has 2 heterocycles. The summed E-state index contributed by atoms with van der Waals surface area (Å²) < 4.78 is 3.36. The molecule has 0 saturated carbocycles. The molecule has 0 N–H and O–H groups in total. The molecule has 0 bridgehead atoms. The van der Waals surface area contributed by atoms with Crippen molar-refractivity contribution in [2.24, 2.45) is 0 Å². The summed E-state index contributed by atoms with van der Waals surface area (Å²) in [6.45, 7) is 3.72. The number of likely N-dealkylation sites (N-methyl/N-ethyl adjacent to an activating group) is 1. The number of halogens is 1. The third kappa shape index (κ3) is 4.71. The van der Waals surface area contributed by atoms with Crippen molar-refractivity contribution in [3.63, 3.8) is 0 Å². The molecule has 35 heavy (non-hydrogen) atoms. The summed E-state index contributed by atoms with van der Waals surface area (Å²) in [5.41, 5.74) is 7.43. The summed E-state index contributed by atoms with van der Waals surface area (Å²) in [5, 5.41) is 0. The Morgan fingerprint density at radius 1 is 0.886 bits per heavy atom. The molecule has 1 aliphatic rings. The second-order valence-corrected chi connectivity index (χ2v) is 10.4. The number of carbonyl (C=O) groups excluding carboxylic acids is 1. The van der Waals surface area contributed by atoms with E-state index < -0.39 is 0 Å². The topological polar surface area (TPSA) is 28.5 Å². The molecule has 1 aliphatic heterocycles. The first-order chi connectivity index (χ1) is 16.9. The van der Waals surface area contributed by atoms with Crippen LogP contribution in [0.4, 0.5) is 0 Å². The number of nitrogens with zero attached hydrogens (tertiary/aromatic N) is 3. The van der Waals surface area contributed by atoms with E-state index in [4.69, 9.17) is 0 Å². The summed E-state index contributed by atoms with van der Waals surface area (Å²) in [7, 11) is 4.17. The number of amides is 1. The Balaban J connectivity index is 1.57. The fourth-order valence-corrected chi connectivity index (χ4v) is 5.19. The molecule has 5 heteroatoms. The molecular formula is C30H30BrN3O. The lowest BCUT2D eigenvalue weighted by Crippen LogP contribution is -2.34. The van der Waals surface area contributed by atoms with Crippen LogP contribution in [0.3, 0.4) is 0 Å². The Morgan fingerprint density at radius 2 is 1.60 bits per heavy atom. The standard InChI is InChI=1S/C30H30BrN3O/c1-21-7-4-5-10-27(21)34-28(22-11-13-25(31)14-12-22)15-16-29(34)23-8-6-9-24(19-23)30(35)33-18-17-26(20-33)32(2)3/h4-16,19,26H,17-18,20H2,1-3H3/t26-/m1/s1. The van der Waals surface area contributed by atoms with Crippen molar-refractivity contribution in [3.8, 4) is 28.2 Å². The van der Waals surface area contributed by atoms with Gasteiger partial charge in [-0.3, -0.25) is 4.79 Å². The van der Waals surface area contributed by atoms with E-state index in [1.807, 2.05) is 23.1 Å². The minimum absolute atomic E-state index is 0.110. The van der Waals surface area contributed by atoms with E-state index in [1.165, 1.54) is 5.56 Å². The van der Waals surface area contributed by atoms with Gasteiger partial charge >= 0.3 is 0 Å². The predicted molar refractivity (Wildman–Crippen MR) is 147 cm³/mol. The van der Waals surface area contributed by atoms with Crippen molar-refractivity contribution in [1.29, 1.82) is 0 Å². The third-order valence-corrected chi connectivity index (χ3v) is 7.49. The van der Waals surface area contributed by atoms with Gasteiger partial charge in [-0.1, -0.05) is 58.4 Å². The van der Waals surface area contributed by atoms with Crippen LogP contribution in [0.25, 0.3) is 28.2 Å². The lowest BCUT2D eigenvalue weighted by Gasteiger charge is -2.21. The minimum atomic E-state index is 0.110. The van der Waals surface area contributed by atoms with Crippen LogP contribution in [-0.4, -0.2) is 53.5 Å². The van der Waals surface area contributed by atoms with E-state index in [-0.39, 0.29) is 5.91 Å². The smallest absolute Gasteiger partial charge is 0.253 e. The number of likely N-dealkylation sites (tertiary alicyclic amines) is 1. The number of hydrogen-bond acceptors (Lipinski definition) is 2. The van der Waals surface area contributed by atoms with Crippen molar-refractivity contribution in [2.45, 2.75) is 19.4 Å². The Morgan fingerprint density at radius 3 is 2.29 bits per heavy atom. The highest BCUT2D eigenvalue weighted by Crippen LogP contribution is 2.34. The highest BCUT2D eigenvalue weighted by Gasteiger charge is 2.28. The average Bonchev–Trinajstić information content (AvgIpc) is 3.53. The van der Waals surface area contributed by atoms with Gasteiger partial charge in [0.1, 0.15) is 0 Å². The van der Waals surface area contributed by atoms with Crippen LogP contribution in [0.1, 0.15) is 22.3 Å². The zero-order valence-electron chi connectivity index (χ0n) is 20.4. The third-order valence-electron chi connectivity index (χ3n) is 6.96. The lowest BCUT2D eigenvalue weighted by atomic mass is 10.1. The van der Waals surface area contributed by atoms with E-state index >= 15 is 0 Å². The molecule has 1 aromatic heterocycles. The van der Waals surface area contributed by atoms with E-state index in [9.17, 15) is 4.79 Å². The first kappa shape index (κ1) is 23.6. The molecule has 0 aliphatic carbocycles. The highest BCUT2D eigenvalue weighted by molar-refractivity contribution is 9.10. The average molecular weight is 528 g/mol. The molecule has 0 spiro atoms. The lowest BCUT2D eigenvalue weighted by molar-refractivity contribution is 0.0783. The molecule has 1 fully saturated rings.